The first-order valence-electron chi connectivity index (χ1n) is 8.94. The number of rotatable bonds is 7. The van der Waals surface area contributed by atoms with Crippen molar-refractivity contribution in [2.75, 3.05) is 18.4 Å². The lowest BCUT2D eigenvalue weighted by molar-refractivity contribution is -0.118. The van der Waals surface area contributed by atoms with Crippen molar-refractivity contribution in [3.05, 3.63) is 41.6 Å². The molecule has 138 valence electrons. The van der Waals surface area contributed by atoms with E-state index >= 15 is 0 Å². The molecule has 0 atom stereocenters. The van der Waals surface area contributed by atoms with Gasteiger partial charge in [0.25, 0.3) is 0 Å². The Hall–Kier alpha value is -3.40. The van der Waals surface area contributed by atoms with Crippen LogP contribution in [0.25, 0.3) is 22.4 Å². The van der Waals surface area contributed by atoms with Crippen LogP contribution in [-0.4, -0.2) is 33.9 Å². The number of amides is 1. The van der Waals surface area contributed by atoms with E-state index in [2.05, 4.69) is 31.7 Å². The molecule has 0 bridgehead atoms. The number of unbranched alkanes of at least 4 members (excludes halogenated alkanes) is 1. The Morgan fingerprint density at radius 1 is 1.19 bits per heavy atom. The molecule has 0 aliphatic heterocycles. The maximum absolute atomic E-state index is 10.9. The second-order valence-electron chi connectivity index (χ2n) is 6.34. The smallest absolute Gasteiger partial charge is 0.216 e. The standard InChI is InChI=1S/C20H22N6O/c1-13-16(12-21)17-19(23-11-7-6-10-22-14(2)27)25-18(26-20(17)24-13)15-8-4-3-5-9-15/h3-5,8-9H,6-7,10-11H2,1-2H3,(H,22,27)(H2,23,24,25,26). The predicted molar refractivity (Wildman–Crippen MR) is 105 cm³/mol. The summed E-state index contributed by atoms with van der Waals surface area (Å²) >= 11 is 0. The summed E-state index contributed by atoms with van der Waals surface area (Å²) in [4.78, 5) is 23.4. The molecule has 3 N–H and O–H groups in total. The number of carbonyl (C=O) groups is 1. The van der Waals surface area contributed by atoms with Gasteiger partial charge in [-0.3, -0.25) is 4.79 Å². The van der Waals surface area contributed by atoms with Crippen molar-refractivity contribution in [1.29, 1.82) is 5.26 Å². The number of H-pyrrole nitrogens is 1. The first kappa shape index (κ1) is 18.4. The number of aromatic nitrogens is 3. The fourth-order valence-electron chi connectivity index (χ4n) is 2.92. The van der Waals surface area contributed by atoms with E-state index in [1.165, 1.54) is 6.92 Å². The van der Waals surface area contributed by atoms with Crippen molar-refractivity contribution in [3.8, 4) is 17.5 Å². The fraction of sp³-hybridized carbons (Fsp3) is 0.300. The van der Waals surface area contributed by atoms with Gasteiger partial charge in [0.1, 0.15) is 17.5 Å². The lowest BCUT2D eigenvalue weighted by Gasteiger charge is -2.09. The largest absolute Gasteiger partial charge is 0.369 e. The van der Waals surface area contributed by atoms with Crippen molar-refractivity contribution in [2.45, 2.75) is 26.7 Å². The quantitative estimate of drug-likeness (QED) is 0.560. The van der Waals surface area contributed by atoms with E-state index in [-0.39, 0.29) is 5.91 Å². The van der Waals surface area contributed by atoms with Gasteiger partial charge in [-0.15, -0.1) is 0 Å². The van der Waals surface area contributed by atoms with Gasteiger partial charge in [-0.05, 0) is 19.8 Å². The molecule has 0 aliphatic carbocycles. The lowest BCUT2D eigenvalue weighted by Crippen LogP contribution is -2.21. The Bertz CT molecular complexity index is 987. The van der Waals surface area contributed by atoms with Gasteiger partial charge in [-0.2, -0.15) is 5.26 Å². The zero-order valence-corrected chi connectivity index (χ0v) is 15.5. The number of nitriles is 1. The summed E-state index contributed by atoms with van der Waals surface area (Å²) in [7, 11) is 0. The van der Waals surface area contributed by atoms with Crippen LogP contribution in [0.1, 0.15) is 31.0 Å². The van der Waals surface area contributed by atoms with Crippen molar-refractivity contribution < 1.29 is 4.79 Å². The van der Waals surface area contributed by atoms with Gasteiger partial charge in [-0.1, -0.05) is 30.3 Å². The summed E-state index contributed by atoms with van der Waals surface area (Å²) in [6.45, 7) is 4.71. The van der Waals surface area contributed by atoms with Crippen molar-refractivity contribution in [1.82, 2.24) is 20.3 Å². The summed E-state index contributed by atoms with van der Waals surface area (Å²) in [6.07, 6.45) is 1.74. The number of fused-ring (bicyclic) bond motifs is 1. The van der Waals surface area contributed by atoms with Crippen LogP contribution in [0.2, 0.25) is 0 Å². The fourth-order valence-corrected chi connectivity index (χ4v) is 2.92. The maximum atomic E-state index is 10.9. The average Bonchev–Trinajstić information content (AvgIpc) is 2.99. The second kappa shape index (κ2) is 8.32. The summed E-state index contributed by atoms with van der Waals surface area (Å²) in [5.41, 5.74) is 2.91. The first-order chi connectivity index (χ1) is 13.1. The number of nitrogens with zero attached hydrogens (tertiary/aromatic N) is 3. The number of hydrogen-bond acceptors (Lipinski definition) is 5. The van der Waals surface area contributed by atoms with Gasteiger partial charge in [0.2, 0.25) is 5.91 Å². The van der Waals surface area contributed by atoms with Crippen molar-refractivity contribution in [3.63, 3.8) is 0 Å². The van der Waals surface area contributed by atoms with E-state index in [9.17, 15) is 10.1 Å². The van der Waals surface area contributed by atoms with E-state index in [1.807, 2.05) is 37.3 Å². The molecule has 0 radical (unpaired) electrons. The second-order valence-corrected chi connectivity index (χ2v) is 6.34. The molecule has 3 rings (SSSR count). The molecule has 3 aromatic rings. The number of aromatic amines is 1. The third-order valence-corrected chi connectivity index (χ3v) is 4.25. The molecule has 7 nitrogen and oxygen atoms in total. The van der Waals surface area contributed by atoms with E-state index < -0.39 is 0 Å². The monoisotopic (exact) mass is 362 g/mol. The molecular weight excluding hydrogens is 340 g/mol. The van der Waals surface area contributed by atoms with E-state index in [4.69, 9.17) is 0 Å². The summed E-state index contributed by atoms with van der Waals surface area (Å²) in [5.74, 6) is 1.24. The molecule has 1 aromatic carbocycles. The third-order valence-electron chi connectivity index (χ3n) is 4.25. The molecule has 0 spiro atoms. The Morgan fingerprint density at radius 3 is 2.63 bits per heavy atom. The molecule has 0 unspecified atom stereocenters. The highest BCUT2D eigenvalue weighted by Gasteiger charge is 2.17. The molecule has 2 aromatic heterocycles. The summed E-state index contributed by atoms with van der Waals surface area (Å²) < 4.78 is 0. The molecule has 2 heterocycles. The molecule has 27 heavy (non-hydrogen) atoms. The number of anilines is 1. The molecule has 0 aliphatic rings. The van der Waals surface area contributed by atoms with E-state index in [0.717, 1.165) is 29.5 Å². The van der Waals surface area contributed by atoms with Gasteiger partial charge in [-0.25, -0.2) is 9.97 Å². The molecule has 7 heteroatoms. The minimum atomic E-state index is -0.0190. The number of carbonyl (C=O) groups excluding carboxylic acids is 1. The lowest BCUT2D eigenvalue weighted by atomic mass is 10.1. The SMILES string of the molecule is CC(=O)NCCCCNc1nc(-c2ccccc2)nc2[nH]c(C)c(C#N)c12. The zero-order chi connectivity index (χ0) is 19.2. The minimum Gasteiger partial charge on any atom is -0.369 e. The van der Waals surface area contributed by atoms with Crippen LogP contribution >= 0.6 is 0 Å². The van der Waals surface area contributed by atoms with Crippen molar-refractivity contribution in [2.24, 2.45) is 0 Å². The predicted octanol–water partition coefficient (Wildman–Crippen LogP) is 3.13. The highest BCUT2D eigenvalue weighted by atomic mass is 16.1. The summed E-state index contributed by atoms with van der Waals surface area (Å²) in [5, 5.41) is 16.4. The molecule has 0 saturated carbocycles. The zero-order valence-electron chi connectivity index (χ0n) is 15.5. The Labute approximate surface area is 157 Å². The first-order valence-corrected chi connectivity index (χ1v) is 8.94. The molecular formula is C20H22N6O. The van der Waals surface area contributed by atoms with Gasteiger partial charge in [0.05, 0.1) is 10.9 Å². The number of nitrogens with one attached hydrogen (secondary N) is 3. The van der Waals surface area contributed by atoms with Crippen LogP contribution in [-0.2, 0) is 4.79 Å². The normalized spacial score (nSPS) is 10.6. The van der Waals surface area contributed by atoms with Crippen LogP contribution in [0.15, 0.2) is 30.3 Å². The highest BCUT2D eigenvalue weighted by molar-refractivity contribution is 5.95. The van der Waals surface area contributed by atoms with Gasteiger partial charge in [0.15, 0.2) is 5.82 Å². The number of benzene rings is 1. The summed E-state index contributed by atoms with van der Waals surface area (Å²) in [6, 6.07) is 12.0. The van der Waals surface area contributed by atoms with Crippen molar-refractivity contribution >= 4 is 22.8 Å². The van der Waals surface area contributed by atoms with Crippen LogP contribution in [0.5, 0.6) is 0 Å². The van der Waals surface area contributed by atoms with Crippen LogP contribution in [0.4, 0.5) is 5.82 Å². The number of aryl methyl sites for hydroxylation is 1. The van der Waals surface area contributed by atoms with Gasteiger partial charge in [0, 0.05) is 31.3 Å². The van der Waals surface area contributed by atoms with Crippen LogP contribution < -0.4 is 10.6 Å². The van der Waals surface area contributed by atoms with E-state index in [0.29, 0.717) is 35.9 Å². The average molecular weight is 362 g/mol. The highest BCUT2D eigenvalue weighted by Crippen LogP contribution is 2.29. The Kier molecular flexibility index (Phi) is 5.67. The molecule has 1 amide bonds. The molecule has 0 fully saturated rings. The van der Waals surface area contributed by atoms with Gasteiger partial charge < -0.3 is 15.6 Å². The number of hydrogen-bond donors (Lipinski definition) is 3. The Balaban J connectivity index is 1.87. The topological polar surface area (TPSA) is 106 Å². The minimum absolute atomic E-state index is 0.0190. The third kappa shape index (κ3) is 4.23. The van der Waals surface area contributed by atoms with Crippen LogP contribution in [0.3, 0.4) is 0 Å². The molecule has 0 saturated heterocycles. The van der Waals surface area contributed by atoms with Crippen LogP contribution in [0, 0.1) is 18.3 Å². The van der Waals surface area contributed by atoms with E-state index in [1.54, 1.807) is 0 Å². The Morgan fingerprint density at radius 2 is 1.93 bits per heavy atom. The van der Waals surface area contributed by atoms with Gasteiger partial charge >= 0.3 is 0 Å². The maximum Gasteiger partial charge on any atom is 0.216 e.